The molecule has 2 aromatic rings. The van der Waals surface area contributed by atoms with Gasteiger partial charge in [-0.05, 0) is 24.3 Å². The highest BCUT2D eigenvalue weighted by molar-refractivity contribution is 6.33. The summed E-state index contributed by atoms with van der Waals surface area (Å²) in [5.74, 6) is -0.0455. The van der Waals surface area contributed by atoms with Crippen molar-refractivity contribution >= 4 is 28.3 Å². The zero-order valence-electron chi connectivity index (χ0n) is 6.59. The number of anilines is 1. The molecule has 0 saturated heterocycles. The summed E-state index contributed by atoms with van der Waals surface area (Å²) in [6.07, 6.45) is 0. The molecule has 0 radical (unpaired) electrons. The number of nitrogens with zero attached hydrogens (tertiary/aromatic N) is 1. The van der Waals surface area contributed by atoms with Crippen molar-refractivity contribution in [2.75, 3.05) is 5.73 Å². The maximum absolute atomic E-state index is 12.8. The van der Waals surface area contributed by atoms with E-state index in [-0.39, 0.29) is 11.6 Å². The fourth-order valence-electron chi connectivity index (χ4n) is 1.14. The molecule has 1 aromatic carbocycles. The fraction of sp³-hybridized carbons (Fsp3) is 0. The Bertz CT molecular complexity index is 470. The maximum Gasteiger partial charge on any atom is 0.142 e. The van der Waals surface area contributed by atoms with Crippen LogP contribution in [-0.4, -0.2) is 4.98 Å². The van der Waals surface area contributed by atoms with Crippen LogP contribution in [-0.2, 0) is 0 Å². The highest BCUT2D eigenvalue weighted by atomic mass is 35.5. The number of aromatic nitrogens is 1. The third-order valence-electron chi connectivity index (χ3n) is 1.76. The maximum atomic E-state index is 12.8. The first kappa shape index (κ1) is 8.26. The SMILES string of the molecule is Nc1nc2ccc(F)cc2cc1Cl. The Hall–Kier alpha value is -1.35. The van der Waals surface area contributed by atoms with Gasteiger partial charge < -0.3 is 5.73 Å². The number of rotatable bonds is 0. The molecule has 4 heteroatoms. The van der Waals surface area contributed by atoms with Crippen molar-refractivity contribution in [1.29, 1.82) is 0 Å². The standard InChI is InChI=1S/C9H6ClFN2/c10-7-4-5-3-6(11)1-2-8(5)13-9(7)12/h1-4H,(H2,12,13). The van der Waals surface area contributed by atoms with Gasteiger partial charge in [-0.2, -0.15) is 0 Å². The smallest absolute Gasteiger partial charge is 0.142 e. The monoisotopic (exact) mass is 196 g/mol. The Morgan fingerprint density at radius 3 is 2.85 bits per heavy atom. The van der Waals surface area contributed by atoms with Crippen LogP contribution < -0.4 is 5.73 Å². The van der Waals surface area contributed by atoms with Gasteiger partial charge in [0, 0.05) is 5.39 Å². The number of nitrogens with two attached hydrogens (primary N) is 1. The summed E-state index contributed by atoms with van der Waals surface area (Å²) in [5.41, 5.74) is 6.13. The summed E-state index contributed by atoms with van der Waals surface area (Å²) in [7, 11) is 0. The number of nitrogen functional groups attached to an aromatic ring is 1. The lowest BCUT2D eigenvalue weighted by Crippen LogP contribution is -1.91. The van der Waals surface area contributed by atoms with E-state index in [2.05, 4.69) is 4.98 Å². The molecule has 2 rings (SSSR count). The number of fused-ring (bicyclic) bond motifs is 1. The number of hydrogen-bond acceptors (Lipinski definition) is 2. The molecule has 1 heterocycles. The van der Waals surface area contributed by atoms with Gasteiger partial charge in [-0.25, -0.2) is 9.37 Å². The van der Waals surface area contributed by atoms with Gasteiger partial charge >= 0.3 is 0 Å². The minimum Gasteiger partial charge on any atom is -0.382 e. The van der Waals surface area contributed by atoms with E-state index in [1.54, 1.807) is 12.1 Å². The molecule has 0 bridgehead atoms. The van der Waals surface area contributed by atoms with Gasteiger partial charge in [-0.15, -0.1) is 0 Å². The van der Waals surface area contributed by atoms with Crippen molar-refractivity contribution in [3.05, 3.63) is 35.1 Å². The van der Waals surface area contributed by atoms with Gasteiger partial charge in [-0.3, -0.25) is 0 Å². The molecule has 0 spiro atoms. The van der Waals surface area contributed by atoms with E-state index in [9.17, 15) is 4.39 Å². The Balaban J connectivity index is 2.81. The third-order valence-corrected chi connectivity index (χ3v) is 2.06. The Morgan fingerprint density at radius 2 is 2.08 bits per heavy atom. The molecule has 0 saturated carbocycles. The summed E-state index contributed by atoms with van der Waals surface area (Å²) in [6.45, 7) is 0. The van der Waals surface area contributed by atoms with Crippen LogP contribution in [0.25, 0.3) is 10.9 Å². The Morgan fingerprint density at radius 1 is 1.31 bits per heavy atom. The number of benzene rings is 1. The van der Waals surface area contributed by atoms with Gasteiger partial charge in [0.1, 0.15) is 11.6 Å². The molecule has 0 atom stereocenters. The topological polar surface area (TPSA) is 38.9 Å². The molecule has 2 N–H and O–H groups in total. The van der Waals surface area contributed by atoms with Gasteiger partial charge in [0.25, 0.3) is 0 Å². The molecule has 0 aliphatic carbocycles. The van der Waals surface area contributed by atoms with Crippen LogP contribution in [0.5, 0.6) is 0 Å². The molecule has 0 amide bonds. The lowest BCUT2D eigenvalue weighted by Gasteiger charge is -2.00. The molecule has 2 nitrogen and oxygen atoms in total. The quantitative estimate of drug-likeness (QED) is 0.704. The first-order valence-corrected chi connectivity index (χ1v) is 4.06. The first-order chi connectivity index (χ1) is 6.16. The number of halogens is 2. The fourth-order valence-corrected chi connectivity index (χ4v) is 1.30. The Kier molecular flexibility index (Phi) is 1.81. The molecule has 0 aliphatic heterocycles. The zero-order valence-corrected chi connectivity index (χ0v) is 7.35. The van der Waals surface area contributed by atoms with E-state index in [0.29, 0.717) is 15.9 Å². The van der Waals surface area contributed by atoms with Crippen molar-refractivity contribution in [2.24, 2.45) is 0 Å². The van der Waals surface area contributed by atoms with Crippen molar-refractivity contribution in [1.82, 2.24) is 4.98 Å². The summed E-state index contributed by atoms with van der Waals surface area (Å²) in [4.78, 5) is 4.00. The molecule has 13 heavy (non-hydrogen) atoms. The van der Waals surface area contributed by atoms with Crippen LogP contribution in [0.1, 0.15) is 0 Å². The van der Waals surface area contributed by atoms with Crippen molar-refractivity contribution in [2.45, 2.75) is 0 Å². The van der Waals surface area contributed by atoms with Crippen molar-refractivity contribution < 1.29 is 4.39 Å². The van der Waals surface area contributed by atoms with E-state index in [1.165, 1.54) is 12.1 Å². The van der Waals surface area contributed by atoms with Crippen molar-refractivity contribution in [3.8, 4) is 0 Å². The van der Waals surface area contributed by atoms with Crippen LogP contribution >= 0.6 is 11.6 Å². The minimum atomic E-state index is -0.310. The van der Waals surface area contributed by atoms with Gasteiger partial charge in [0.05, 0.1) is 10.5 Å². The molecule has 66 valence electrons. The predicted octanol–water partition coefficient (Wildman–Crippen LogP) is 2.61. The first-order valence-electron chi connectivity index (χ1n) is 3.68. The van der Waals surface area contributed by atoms with Gasteiger partial charge in [-0.1, -0.05) is 11.6 Å². The summed E-state index contributed by atoms with van der Waals surface area (Å²) in [5, 5.41) is 0.998. The summed E-state index contributed by atoms with van der Waals surface area (Å²) in [6, 6.07) is 5.87. The molecular formula is C9H6ClFN2. The van der Waals surface area contributed by atoms with E-state index in [0.717, 1.165) is 0 Å². The third kappa shape index (κ3) is 1.42. The second-order valence-electron chi connectivity index (χ2n) is 2.69. The lowest BCUT2D eigenvalue weighted by atomic mass is 10.2. The predicted molar refractivity (Wildman–Crippen MR) is 51.1 cm³/mol. The summed E-state index contributed by atoms with van der Waals surface area (Å²) < 4.78 is 12.8. The van der Waals surface area contributed by atoms with E-state index >= 15 is 0 Å². The molecular weight excluding hydrogens is 191 g/mol. The lowest BCUT2D eigenvalue weighted by molar-refractivity contribution is 0.629. The molecule has 0 aliphatic rings. The van der Waals surface area contributed by atoms with E-state index < -0.39 is 0 Å². The van der Waals surface area contributed by atoms with Crippen LogP contribution in [0.4, 0.5) is 10.2 Å². The normalized spacial score (nSPS) is 10.6. The minimum absolute atomic E-state index is 0.265. The highest BCUT2D eigenvalue weighted by Gasteiger charge is 2.01. The second kappa shape index (κ2) is 2.85. The Labute approximate surface area is 79.1 Å². The largest absolute Gasteiger partial charge is 0.382 e. The second-order valence-corrected chi connectivity index (χ2v) is 3.10. The van der Waals surface area contributed by atoms with Crippen LogP contribution in [0.2, 0.25) is 5.02 Å². The van der Waals surface area contributed by atoms with E-state index in [1.807, 2.05) is 0 Å². The average molecular weight is 197 g/mol. The zero-order chi connectivity index (χ0) is 9.42. The van der Waals surface area contributed by atoms with Gasteiger partial charge in [0.2, 0.25) is 0 Å². The number of hydrogen-bond donors (Lipinski definition) is 1. The summed E-state index contributed by atoms with van der Waals surface area (Å²) >= 11 is 5.73. The highest BCUT2D eigenvalue weighted by Crippen LogP contribution is 2.22. The van der Waals surface area contributed by atoms with Gasteiger partial charge in [0.15, 0.2) is 0 Å². The number of pyridine rings is 1. The van der Waals surface area contributed by atoms with Crippen LogP contribution in [0.3, 0.4) is 0 Å². The average Bonchev–Trinajstić information content (AvgIpc) is 2.08. The molecule has 0 unspecified atom stereocenters. The van der Waals surface area contributed by atoms with Crippen molar-refractivity contribution in [3.63, 3.8) is 0 Å². The molecule has 1 aromatic heterocycles. The van der Waals surface area contributed by atoms with Crippen LogP contribution in [0, 0.1) is 5.82 Å². The van der Waals surface area contributed by atoms with E-state index in [4.69, 9.17) is 17.3 Å². The van der Waals surface area contributed by atoms with Crippen LogP contribution in [0.15, 0.2) is 24.3 Å². The molecule has 0 fully saturated rings.